The van der Waals surface area contributed by atoms with E-state index >= 15 is 0 Å². The van der Waals surface area contributed by atoms with Crippen LogP contribution in [0.4, 0.5) is 10.1 Å². The van der Waals surface area contributed by atoms with Crippen LogP contribution in [0.15, 0.2) is 24.3 Å². The molecule has 1 aliphatic rings. The van der Waals surface area contributed by atoms with Gasteiger partial charge in [-0.25, -0.2) is 4.39 Å². The summed E-state index contributed by atoms with van der Waals surface area (Å²) in [5.41, 5.74) is 7.22. The third-order valence-electron chi connectivity index (χ3n) is 3.96. The van der Waals surface area contributed by atoms with Crippen LogP contribution in [0.3, 0.4) is 0 Å². The van der Waals surface area contributed by atoms with Gasteiger partial charge in [-0.3, -0.25) is 4.90 Å². The highest BCUT2D eigenvalue weighted by atomic mass is 19.1. The van der Waals surface area contributed by atoms with Crippen molar-refractivity contribution in [3.05, 3.63) is 30.1 Å². The van der Waals surface area contributed by atoms with Crippen LogP contribution < -0.4 is 10.6 Å². The minimum atomic E-state index is -0.177. The van der Waals surface area contributed by atoms with Crippen molar-refractivity contribution in [3.8, 4) is 0 Å². The molecule has 0 aromatic heterocycles. The molecule has 1 atom stereocenters. The van der Waals surface area contributed by atoms with Gasteiger partial charge in [-0.05, 0) is 37.6 Å². The molecule has 0 saturated carbocycles. The van der Waals surface area contributed by atoms with Crippen LogP contribution >= 0.6 is 0 Å². The van der Waals surface area contributed by atoms with E-state index in [1.165, 1.54) is 12.1 Å². The molecule has 1 fully saturated rings. The van der Waals surface area contributed by atoms with Gasteiger partial charge in [0.25, 0.3) is 0 Å². The standard InChI is InChI=1S/C15H24FN3/c1-3-15(2,17)12-18-8-10-19(11-9-18)14-6-4-13(16)5-7-14/h4-7H,3,8-12,17H2,1-2H3. The Kier molecular flexibility index (Phi) is 4.42. The maximum absolute atomic E-state index is 12.9. The highest BCUT2D eigenvalue weighted by molar-refractivity contribution is 5.46. The highest BCUT2D eigenvalue weighted by Gasteiger charge is 2.23. The smallest absolute Gasteiger partial charge is 0.123 e. The Balaban J connectivity index is 1.87. The number of hydrogen-bond donors (Lipinski definition) is 1. The van der Waals surface area contributed by atoms with Gasteiger partial charge >= 0.3 is 0 Å². The van der Waals surface area contributed by atoms with Gasteiger partial charge in [0.15, 0.2) is 0 Å². The van der Waals surface area contributed by atoms with Crippen molar-refractivity contribution >= 4 is 5.69 Å². The summed E-state index contributed by atoms with van der Waals surface area (Å²) in [6.07, 6.45) is 0.991. The first-order chi connectivity index (χ1) is 9.00. The molecule has 0 amide bonds. The van der Waals surface area contributed by atoms with E-state index in [1.807, 2.05) is 12.1 Å². The van der Waals surface area contributed by atoms with Crippen molar-refractivity contribution in [2.75, 3.05) is 37.6 Å². The van der Waals surface area contributed by atoms with Crippen LogP contribution in [0.2, 0.25) is 0 Å². The Bertz CT molecular complexity index is 394. The number of hydrogen-bond acceptors (Lipinski definition) is 3. The number of benzene rings is 1. The SMILES string of the molecule is CCC(C)(N)CN1CCN(c2ccc(F)cc2)CC1. The van der Waals surface area contributed by atoms with Crippen molar-refractivity contribution in [1.29, 1.82) is 0 Å². The molecular formula is C15H24FN3. The van der Waals surface area contributed by atoms with Crippen molar-refractivity contribution in [3.63, 3.8) is 0 Å². The number of piperazine rings is 1. The zero-order chi connectivity index (χ0) is 13.9. The van der Waals surface area contributed by atoms with Gasteiger partial charge in [-0.1, -0.05) is 6.92 Å². The number of anilines is 1. The second-order valence-electron chi connectivity index (χ2n) is 5.75. The summed E-state index contributed by atoms with van der Waals surface area (Å²) in [4.78, 5) is 4.72. The zero-order valence-corrected chi connectivity index (χ0v) is 11.9. The first kappa shape index (κ1) is 14.3. The first-order valence-electron chi connectivity index (χ1n) is 7.02. The van der Waals surface area contributed by atoms with E-state index in [-0.39, 0.29) is 11.4 Å². The van der Waals surface area contributed by atoms with Gasteiger partial charge in [0.1, 0.15) is 5.82 Å². The van der Waals surface area contributed by atoms with E-state index in [4.69, 9.17) is 5.73 Å². The van der Waals surface area contributed by atoms with Crippen LogP contribution in [0, 0.1) is 5.82 Å². The summed E-state index contributed by atoms with van der Waals surface area (Å²) in [6, 6.07) is 6.75. The van der Waals surface area contributed by atoms with Gasteiger partial charge in [0.05, 0.1) is 0 Å². The molecule has 1 heterocycles. The Labute approximate surface area is 115 Å². The van der Waals surface area contributed by atoms with Crippen molar-refractivity contribution in [1.82, 2.24) is 4.90 Å². The minimum Gasteiger partial charge on any atom is -0.369 e. The maximum atomic E-state index is 12.9. The number of halogens is 1. The van der Waals surface area contributed by atoms with Crippen molar-refractivity contribution in [2.45, 2.75) is 25.8 Å². The number of rotatable bonds is 4. The van der Waals surface area contributed by atoms with Gasteiger partial charge in [-0.2, -0.15) is 0 Å². The summed E-state index contributed by atoms with van der Waals surface area (Å²) < 4.78 is 12.9. The molecule has 2 rings (SSSR count). The summed E-state index contributed by atoms with van der Waals surface area (Å²) in [6.45, 7) is 9.18. The second kappa shape index (κ2) is 5.88. The molecule has 4 heteroatoms. The van der Waals surface area contributed by atoms with Crippen LogP contribution in [0.5, 0.6) is 0 Å². The van der Waals surface area contributed by atoms with Crippen LogP contribution in [-0.4, -0.2) is 43.2 Å². The first-order valence-corrected chi connectivity index (χ1v) is 7.02. The average molecular weight is 265 g/mol. The summed E-state index contributed by atoms with van der Waals surface area (Å²) in [7, 11) is 0. The third kappa shape index (κ3) is 3.91. The Hall–Kier alpha value is -1.13. The minimum absolute atomic E-state index is 0.0992. The summed E-state index contributed by atoms with van der Waals surface area (Å²) in [5, 5.41) is 0. The molecular weight excluding hydrogens is 241 g/mol. The fourth-order valence-electron chi connectivity index (χ4n) is 2.44. The topological polar surface area (TPSA) is 32.5 Å². The van der Waals surface area contributed by atoms with Crippen molar-refractivity contribution in [2.24, 2.45) is 5.73 Å². The predicted octanol–water partition coefficient (Wildman–Crippen LogP) is 2.08. The van der Waals surface area contributed by atoms with E-state index in [1.54, 1.807) is 0 Å². The molecule has 106 valence electrons. The van der Waals surface area contributed by atoms with Gasteiger partial charge < -0.3 is 10.6 Å². The molecule has 0 spiro atoms. The average Bonchev–Trinajstić information content (AvgIpc) is 2.40. The lowest BCUT2D eigenvalue weighted by Gasteiger charge is -2.39. The Morgan fingerprint density at radius 2 is 1.74 bits per heavy atom. The molecule has 2 N–H and O–H groups in total. The van der Waals surface area contributed by atoms with Gasteiger partial charge in [0, 0.05) is 44.0 Å². The lowest BCUT2D eigenvalue weighted by Crippen LogP contribution is -2.54. The fraction of sp³-hybridized carbons (Fsp3) is 0.600. The molecule has 0 aliphatic carbocycles. The van der Waals surface area contributed by atoms with E-state index < -0.39 is 0 Å². The van der Waals surface area contributed by atoms with Crippen LogP contribution in [0.25, 0.3) is 0 Å². The zero-order valence-electron chi connectivity index (χ0n) is 11.9. The van der Waals surface area contributed by atoms with E-state index in [9.17, 15) is 4.39 Å². The van der Waals surface area contributed by atoms with E-state index in [2.05, 4.69) is 23.6 Å². The second-order valence-corrected chi connectivity index (χ2v) is 5.75. The summed E-state index contributed by atoms with van der Waals surface area (Å²) in [5.74, 6) is -0.177. The lowest BCUT2D eigenvalue weighted by atomic mass is 9.99. The maximum Gasteiger partial charge on any atom is 0.123 e. The lowest BCUT2D eigenvalue weighted by molar-refractivity contribution is 0.203. The molecule has 0 bridgehead atoms. The fourth-order valence-corrected chi connectivity index (χ4v) is 2.44. The molecule has 0 radical (unpaired) electrons. The van der Waals surface area contributed by atoms with Gasteiger partial charge in [0.2, 0.25) is 0 Å². The largest absolute Gasteiger partial charge is 0.369 e. The molecule has 1 saturated heterocycles. The molecule has 3 nitrogen and oxygen atoms in total. The molecule has 19 heavy (non-hydrogen) atoms. The predicted molar refractivity (Wildman–Crippen MR) is 77.9 cm³/mol. The Morgan fingerprint density at radius 3 is 2.26 bits per heavy atom. The van der Waals surface area contributed by atoms with Crippen LogP contribution in [0.1, 0.15) is 20.3 Å². The summed E-state index contributed by atoms with van der Waals surface area (Å²) >= 11 is 0. The molecule has 1 aromatic rings. The number of nitrogens with zero attached hydrogens (tertiary/aromatic N) is 2. The highest BCUT2D eigenvalue weighted by Crippen LogP contribution is 2.18. The monoisotopic (exact) mass is 265 g/mol. The van der Waals surface area contributed by atoms with Gasteiger partial charge in [-0.15, -0.1) is 0 Å². The van der Waals surface area contributed by atoms with E-state index in [0.29, 0.717) is 0 Å². The van der Waals surface area contributed by atoms with Crippen LogP contribution in [-0.2, 0) is 0 Å². The van der Waals surface area contributed by atoms with E-state index in [0.717, 1.165) is 44.8 Å². The third-order valence-corrected chi connectivity index (χ3v) is 3.96. The normalized spacial score (nSPS) is 20.3. The molecule has 1 unspecified atom stereocenters. The van der Waals surface area contributed by atoms with Crippen molar-refractivity contribution < 1.29 is 4.39 Å². The quantitative estimate of drug-likeness (QED) is 0.904. The Morgan fingerprint density at radius 1 is 1.16 bits per heavy atom. The number of nitrogens with two attached hydrogens (primary N) is 1. The molecule has 1 aromatic carbocycles. The molecule has 1 aliphatic heterocycles.